The van der Waals surface area contributed by atoms with E-state index in [1.54, 1.807) is 0 Å². The molecule has 1 aromatic carbocycles. The van der Waals surface area contributed by atoms with Crippen LogP contribution < -0.4 is 5.73 Å². The molecule has 3 heteroatoms. The predicted molar refractivity (Wildman–Crippen MR) is 55.6 cm³/mol. The van der Waals surface area contributed by atoms with E-state index >= 15 is 0 Å². The molecule has 0 saturated heterocycles. The van der Waals surface area contributed by atoms with E-state index in [4.69, 9.17) is 5.73 Å². The van der Waals surface area contributed by atoms with Gasteiger partial charge in [-0.1, -0.05) is 24.3 Å². The Morgan fingerprint density at radius 3 is 2.36 bits per heavy atom. The summed E-state index contributed by atoms with van der Waals surface area (Å²) >= 11 is 0. The monoisotopic (exact) mass is 192 g/mol. The largest absolute Gasteiger partial charge is 0.390 e. The molecule has 1 atom stereocenters. The summed E-state index contributed by atoms with van der Waals surface area (Å²) in [6, 6.07) is 8.40. The summed E-state index contributed by atoms with van der Waals surface area (Å²) in [6.45, 7) is 2.89. The molecule has 0 spiro atoms. The second-order valence-corrected chi connectivity index (χ2v) is 3.83. The van der Waals surface area contributed by atoms with Gasteiger partial charge in [-0.3, -0.25) is 4.90 Å². The van der Waals surface area contributed by atoms with Gasteiger partial charge in [-0.25, -0.2) is 0 Å². The minimum Gasteiger partial charge on any atom is -0.390 e. The number of benzene rings is 1. The molecule has 0 amide bonds. The number of rotatable bonds is 3. The van der Waals surface area contributed by atoms with Gasteiger partial charge in [-0.15, -0.1) is 0 Å². The van der Waals surface area contributed by atoms with Crippen LogP contribution in [0.25, 0.3) is 0 Å². The third-order valence-corrected chi connectivity index (χ3v) is 2.65. The normalized spacial score (nSPS) is 18.1. The number of nitrogens with two attached hydrogens (primary N) is 1. The standard InChI is InChI=1S/C11H16N2O/c12-5-11(14)8-13-6-9-3-1-2-4-10(9)7-13/h1-4,11,14H,5-8,12H2/t11-/m1/s1. The van der Waals surface area contributed by atoms with Gasteiger partial charge in [0, 0.05) is 26.2 Å². The molecule has 1 aliphatic heterocycles. The highest BCUT2D eigenvalue weighted by Gasteiger charge is 2.19. The minimum atomic E-state index is -0.399. The van der Waals surface area contributed by atoms with Crippen molar-refractivity contribution in [1.29, 1.82) is 0 Å². The molecule has 1 aliphatic rings. The van der Waals surface area contributed by atoms with Crippen molar-refractivity contribution < 1.29 is 5.11 Å². The molecule has 1 heterocycles. The Kier molecular flexibility index (Phi) is 2.82. The van der Waals surface area contributed by atoms with Gasteiger partial charge in [-0.05, 0) is 11.1 Å². The predicted octanol–water partition coefficient (Wildman–Crippen LogP) is 0.322. The molecule has 3 nitrogen and oxygen atoms in total. The summed E-state index contributed by atoms with van der Waals surface area (Å²) in [5.41, 5.74) is 8.12. The van der Waals surface area contributed by atoms with Crippen molar-refractivity contribution in [1.82, 2.24) is 4.90 Å². The number of aliphatic hydroxyl groups is 1. The lowest BCUT2D eigenvalue weighted by Gasteiger charge is -2.17. The lowest BCUT2D eigenvalue weighted by atomic mass is 10.1. The zero-order chi connectivity index (χ0) is 9.97. The fourth-order valence-corrected chi connectivity index (χ4v) is 1.91. The number of nitrogens with zero attached hydrogens (tertiary/aromatic N) is 1. The summed E-state index contributed by atoms with van der Waals surface area (Å²) in [6.07, 6.45) is -0.399. The van der Waals surface area contributed by atoms with Crippen molar-refractivity contribution >= 4 is 0 Å². The van der Waals surface area contributed by atoms with Crippen molar-refractivity contribution in [3.05, 3.63) is 35.4 Å². The van der Waals surface area contributed by atoms with Crippen LogP contribution >= 0.6 is 0 Å². The number of hydrogen-bond acceptors (Lipinski definition) is 3. The first kappa shape index (κ1) is 9.65. The highest BCUT2D eigenvalue weighted by atomic mass is 16.3. The van der Waals surface area contributed by atoms with Crippen molar-refractivity contribution in [3.63, 3.8) is 0 Å². The van der Waals surface area contributed by atoms with Crippen molar-refractivity contribution in [3.8, 4) is 0 Å². The average molecular weight is 192 g/mol. The van der Waals surface area contributed by atoms with Crippen molar-refractivity contribution in [2.45, 2.75) is 19.2 Å². The van der Waals surface area contributed by atoms with Crippen LogP contribution in [0.1, 0.15) is 11.1 Å². The van der Waals surface area contributed by atoms with E-state index in [9.17, 15) is 5.11 Å². The summed E-state index contributed by atoms with van der Waals surface area (Å²) < 4.78 is 0. The van der Waals surface area contributed by atoms with E-state index in [1.165, 1.54) is 11.1 Å². The van der Waals surface area contributed by atoms with Gasteiger partial charge in [0.1, 0.15) is 0 Å². The molecule has 0 radical (unpaired) electrons. The van der Waals surface area contributed by atoms with Gasteiger partial charge in [0.05, 0.1) is 6.10 Å². The van der Waals surface area contributed by atoms with Crippen molar-refractivity contribution in [2.75, 3.05) is 13.1 Å². The maximum absolute atomic E-state index is 9.43. The molecule has 0 saturated carbocycles. The molecular formula is C11H16N2O. The molecular weight excluding hydrogens is 176 g/mol. The number of hydrogen-bond donors (Lipinski definition) is 2. The molecule has 2 rings (SSSR count). The summed E-state index contributed by atoms with van der Waals surface area (Å²) in [5, 5.41) is 9.43. The zero-order valence-corrected chi connectivity index (χ0v) is 8.19. The van der Waals surface area contributed by atoms with Crippen LogP contribution in [-0.4, -0.2) is 29.2 Å². The molecule has 1 aromatic rings. The molecule has 0 bridgehead atoms. The maximum Gasteiger partial charge on any atom is 0.0789 e. The molecule has 3 N–H and O–H groups in total. The van der Waals surface area contributed by atoms with Crippen LogP contribution in [-0.2, 0) is 13.1 Å². The van der Waals surface area contributed by atoms with Crippen LogP contribution in [0.3, 0.4) is 0 Å². The van der Waals surface area contributed by atoms with Gasteiger partial charge in [0.25, 0.3) is 0 Å². The quantitative estimate of drug-likeness (QED) is 0.725. The number of fused-ring (bicyclic) bond motifs is 1. The fraction of sp³-hybridized carbons (Fsp3) is 0.455. The van der Waals surface area contributed by atoms with Gasteiger partial charge in [0.2, 0.25) is 0 Å². The van der Waals surface area contributed by atoms with Gasteiger partial charge in [-0.2, -0.15) is 0 Å². The Bertz CT molecular complexity index is 289. The highest BCUT2D eigenvalue weighted by molar-refractivity contribution is 5.30. The van der Waals surface area contributed by atoms with Crippen LogP contribution in [0.5, 0.6) is 0 Å². The second kappa shape index (κ2) is 4.09. The van der Waals surface area contributed by atoms with Crippen LogP contribution in [0.4, 0.5) is 0 Å². The van der Waals surface area contributed by atoms with Gasteiger partial charge < -0.3 is 10.8 Å². The minimum absolute atomic E-state index is 0.340. The molecule has 0 aromatic heterocycles. The van der Waals surface area contributed by atoms with E-state index in [2.05, 4.69) is 29.2 Å². The molecule has 0 fully saturated rings. The van der Waals surface area contributed by atoms with E-state index in [-0.39, 0.29) is 0 Å². The lowest BCUT2D eigenvalue weighted by molar-refractivity contribution is 0.118. The highest BCUT2D eigenvalue weighted by Crippen LogP contribution is 2.21. The fourth-order valence-electron chi connectivity index (χ4n) is 1.91. The smallest absolute Gasteiger partial charge is 0.0789 e. The van der Waals surface area contributed by atoms with Crippen molar-refractivity contribution in [2.24, 2.45) is 5.73 Å². The van der Waals surface area contributed by atoms with E-state index in [0.717, 1.165) is 13.1 Å². The first-order valence-corrected chi connectivity index (χ1v) is 4.97. The summed E-state index contributed by atoms with van der Waals surface area (Å²) in [4.78, 5) is 2.22. The zero-order valence-electron chi connectivity index (χ0n) is 8.19. The Hall–Kier alpha value is -0.900. The second-order valence-electron chi connectivity index (χ2n) is 3.83. The molecule has 0 unspecified atom stereocenters. The van der Waals surface area contributed by atoms with Crippen LogP contribution in [0.15, 0.2) is 24.3 Å². The third-order valence-electron chi connectivity index (χ3n) is 2.65. The summed E-state index contributed by atoms with van der Waals surface area (Å²) in [5.74, 6) is 0. The molecule has 0 aliphatic carbocycles. The Morgan fingerprint density at radius 2 is 1.86 bits per heavy atom. The Balaban J connectivity index is 1.98. The molecule has 76 valence electrons. The van der Waals surface area contributed by atoms with E-state index < -0.39 is 6.10 Å². The average Bonchev–Trinajstić information content (AvgIpc) is 2.59. The van der Waals surface area contributed by atoms with Gasteiger partial charge in [0.15, 0.2) is 0 Å². The summed E-state index contributed by atoms with van der Waals surface area (Å²) in [7, 11) is 0. The first-order chi connectivity index (χ1) is 6.79. The Morgan fingerprint density at radius 1 is 1.29 bits per heavy atom. The Labute approximate surface area is 84.1 Å². The SMILES string of the molecule is NC[C@@H](O)CN1Cc2ccccc2C1. The third kappa shape index (κ3) is 1.95. The van der Waals surface area contributed by atoms with E-state index in [0.29, 0.717) is 13.1 Å². The first-order valence-electron chi connectivity index (χ1n) is 4.97. The van der Waals surface area contributed by atoms with Crippen LogP contribution in [0.2, 0.25) is 0 Å². The maximum atomic E-state index is 9.43. The van der Waals surface area contributed by atoms with Gasteiger partial charge >= 0.3 is 0 Å². The molecule has 14 heavy (non-hydrogen) atoms. The lowest BCUT2D eigenvalue weighted by Crippen LogP contribution is -2.33. The van der Waals surface area contributed by atoms with Crippen LogP contribution in [0, 0.1) is 0 Å². The topological polar surface area (TPSA) is 49.5 Å². The van der Waals surface area contributed by atoms with E-state index in [1.807, 2.05) is 0 Å². The number of aliphatic hydroxyl groups excluding tert-OH is 1. The number of β-amino-alcohol motifs (C(OH)–C–C–N with tert-alkyl or cyclic N) is 1.